The largest absolute Gasteiger partial charge is 0.480 e. The highest BCUT2D eigenvalue weighted by Gasteiger charge is 2.41. The molecule has 0 aliphatic carbocycles. The first-order chi connectivity index (χ1) is 9.25. The first kappa shape index (κ1) is 15.3. The van der Waals surface area contributed by atoms with E-state index in [-0.39, 0.29) is 27.7 Å². The van der Waals surface area contributed by atoms with Crippen LogP contribution < -0.4 is 0 Å². The summed E-state index contributed by atoms with van der Waals surface area (Å²) in [7, 11) is -3.95. The highest BCUT2D eigenvalue weighted by molar-refractivity contribution is 8.00. The number of rotatable bonds is 3. The van der Waals surface area contributed by atoms with Gasteiger partial charge in [-0.25, -0.2) is 12.8 Å². The lowest BCUT2D eigenvalue weighted by atomic mass is 10.1. The average molecular weight is 319 g/mol. The second-order valence-corrected chi connectivity index (χ2v) is 7.44. The third-order valence-electron chi connectivity index (χ3n) is 3.12. The van der Waals surface area contributed by atoms with Gasteiger partial charge in [0.05, 0.1) is 10.8 Å². The molecule has 8 heteroatoms. The summed E-state index contributed by atoms with van der Waals surface area (Å²) in [5.74, 6) is -1.37. The summed E-state index contributed by atoms with van der Waals surface area (Å²) >= 11 is 1.25. The molecule has 1 saturated heterocycles. The van der Waals surface area contributed by atoms with Gasteiger partial charge in [0.2, 0.25) is 10.0 Å². The maximum Gasteiger partial charge on any atom is 0.322 e. The van der Waals surface area contributed by atoms with E-state index in [2.05, 4.69) is 0 Å². The molecule has 1 aliphatic rings. The topological polar surface area (TPSA) is 74.7 Å². The lowest BCUT2D eigenvalue weighted by Crippen LogP contribution is -2.42. The fourth-order valence-electron chi connectivity index (χ4n) is 2.28. The predicted octanol–water partition coefficient (Wildman–Crippen LogP) is 1.59. The number of aryl methyl sites for hydroxylation is 2. The third-order valence-corrected chi connectivity index (χ3v) is 6.46. The number of aliphatic carboxylic acids is 1. The third kappa shape index (κ3) is 2.55. The van der Waals surface area contributed by atoms with E-state index in [4.69, 9.17) is 5.11 Å². The molecule has 1 aromatic carbocycles. The molecule has 1 aromatic rings. The Balaban J connectivity index is 2.54. The molecule has 0 saturated carbocycles. The molecule has 1 N–H and O–H groups in total. The van der Waals surface area contributed by atoms with Crippen molar-refractivity contribution < 1.29 is 22.7 Å². The normalized spacial score (nSPS) is 20.2. The van der Waals surface area contributed by atoms with Crippen molar-refractivity contribution in [3.63, 3.8) is 0 Å². The highest BCUT2D eigenvalue weighted by Crippen LogP contribution is 2.31. The Morgan fingerprint density at radius 2 is 1.95 bits per heavy atom. The van der Waals surface area contributed by atoms with Crippen LogP contribution in [0.1, 0.15) is 11.1 Å². The van der Waals surface area contributed by atoms with Crippen LogP contribution in [-0.2, 0) is 14.8 Å². The number of hydrogen-bond donors (Lipinski definition) is 1. The molecule has 0 amide bonds. The van der Waals surface area contributed by atoms with Crippen molar-refractivity contribution in [1.29, 1.82) is 0 Å². The summed E-state index contributed by atoms with van der Waals surface area (Å²) in [6, 6.07) is 1.20. The van der Waals surface area contributed by atoms with Gasteiger partial charge >= 0.3 is 5.97 Å². The van der Waals surface area contributed by atoms with Gasteiger partial charge in [-0.3, -0.25) is 4.79 Å². The molecule has 0 spiro atoms. The highest BCUT2D eigenvalue weighted by atomic mass is 32.2. The molecule has 1 atom stereocenters. The van der Waals surface area contributed by atoms with Crippen LogP contribution in [0.15, 0.2) is 17.0 Å². The monoisotopic (exact) mass is 319 g/mol. The second kappa shape index (κ2) is 5.34. The van der Waals surface area contributed by atoms with Gasteiger partial charge in [-0.15, -0.1) is 11.8 Å². The van der Waals surface area contributed by atoms with E-state index >= 15 is 0 Å². The Morgan fingerprint density at radius 3 is 2.45 bits per heavy atom. The van der Waals surface area contributed by atoms with Crippen LogP contribution in [0.25, 0.3) is 0 Å². The van der Waals surface area contributed by atoms with Crippen LogP contribution in [0.4, 0.5) is 4.39 Å². The van der Waals surface area contributed by atoms with Crippen molar-refractivity contribution in [2.24, 2.45) is 0 Å². The molecule has 2 rings (SSSR count). The van der Waals surface area contributed by atoms with Crippen LogP contribution in [0.5, 0.6) is 0 Å². The maximum absolute atomic E-state index is 13.3. The number of carboxylic acid groups (broad SMARTS) is 1. The van der Waals surface area contributed by atoms with Gasteiger partial charge in [0.25, 0.3) is 0 Å². The minimum Gasteiger partial charge on any atom is -0.480 e. The summed E-state index contributed by atoms with van der Waals surface area (Å²) in [6.07, 6.45) is 0. The van der Waals surface area contributed by atoms with Gasteiger partial charge in [-0.2, -0.15) is 4.31 Å². The second-order valence-electron chi connectivity index (χ2n) is 4.61. The molecule has 20 heavy (non-hydrogen) atoms. The van der Waals surface area contributed by atoms with E-state index < -0.39 is 27.9 Å². The van der Waals surface area contributed by atoms with E-state index in [1.807, 2.05) is 0 Å². The Morgan fingerprint density at radius 1 is 1.40 bits per heavy atom. The van der Waals surface area contributed by atoms with E-state index in [1.165, 1.54) is 25.6 Å². The first-order valence-corrected chi connectivity index (χ1v) is 8.43. The molecule has 1 heterocycles. The van der Waals surface area contributed by atoms with Gasteiger partial charge in [-0.1, -0.05) is 0 Å². The molecular weight excluding hydrogens is 305 g/mol. The smallest absolute Gasteiger partial charge is 0.322 e. The Bertz CT molecular complexity index is 636. The standard InChI is InChI=1S/C12H14FNO4S2/c1-7-3-9(13)4-8(2)11(7)20(17,18)14-6-19-5-10(14)12(15)16/h3-4,10H,5-6H2,1-2H3,(H,15,16)/t10-/m0/s1. The number of benzene rings is 1. The van der Waals surface area contributed by atoms with Crippen LogP contribution in [0, 0.1) is 19.7 Å². The minimum atomic E-state index is -3.95. The quantitative estimate of drug-likeness (QED) is 0.916. The molecule has 110 valence electrons. The summed E-state index contributed by atoms with van der Waals surface area (Å²) in [4.78, 5) is 11.1. The molecule has 1 aliphatic heterocycles. The Kier molecular flexibility index (Phi) is 4.08. The first-order valence-electron chi connectivity index (χ1n) is 5.84. The zero-order valence-electron chi connectivity index (χ0n) is 11.0. The number of halogens is 1. The SMILES string of the molecule is Cc1cc(F)cc(C)c1S(=O)(=O)N1CSC[C@H]1C(=O)O. The van der Waals surface area contributed by atoms with Gasteiger partial charge in [0.1, 0.15) is 11.9 Å². The number of nitrogens with zero attached hydrogens (tertiary/aromatic N) is 1. The molecule has 0 bridgehead atoms. The van der Waals surface area contributed by atoms with E-state index in [9.17, 15) is 17.6 Å². The Hall–Kier alpha value is -1.12. The van der Waals surface area contributed by atoms with Crippen molar-refractivity contribution >= 4 is 27.8 Å². The van der Waals surface area contributed by atoms with E-state index in [0.717, 1.165) is 16.4 Å². The van der Waals surface area contributed by atoms with Crippen LogP contribution in [0.2, 0.25) is 0 Å². The fourth-order valence-corrected chi connectivity index (χ4v) is 5.83. The number of hydrogen-bond acceptors (Lipinski definition) is 4. The molecule has 0 radical (unpaired) electrons. The molecule has 0 unspecified atom stereocenters. The predicted molar refractivity (Wildman–Crippen MR) is 73.6 cm³/mol. The fraction of sp³-hybridized carbons (Fsp3) is 0.417. The van der Waals surface area contributed by atoms with Crippen molar-refractivity contribution in [3.8, 4) is 0 Å². The number of thioether (sulfide) groups is 1. The van der Waals surface area contributed by atoms with Crippen LogP contribution in [0.3, 0.4) is 0 Å². The minimum absolute atomic E-state index is 0.00681. The van der Waals surface area contributed by atoms with Gasteiger partial charge in [0, 0.05) is 5.75 Å². The summed E-state index contributed by atoms with van der Waals surface area (Å²) in [5, 5.41) is 9.10. The maximum atomic E-state index is 13.3. The molecule has 0 aromatic heterocycles. The van der Waals surface area contributed by atoms with Gasteiger partial charge < -0.3 is 5.11 Å². The van der Waals surface area contributed by atoms with Gasteiger partial charge in [-0.05, 0) is 37.1 Å². The number of sulfonamides is 1. The zero-order chi connectivity index (χ0) is 15.1. The van der Waals surface area contributed by atoms with E-state index in [1.54, 1.807) is 0 Å². The molecule has 5 nitrogen and oxygen atoms in total. The van der Waals surface area contributed by atoms with Crippen LogP contribution in [-0.4, -0.2) is 41.5 Å². The lowest BCUT2D eigenvalue weighted by molar-refractivity contribution is -0.140. The van der Waals surface area contributed by atoms with Crippen LogP contribution >= 0.6 is 11.8 Å². The lowest BCUT2D eigenvalue weighted by Gasteiger charge is -2.22. The molecular formula is C12H14FNO4S2. The number of carboxylic acids is 1. The van der Waals surface area contributed by atoms with Crippen molar-refractivity contribution in [3.05, 3.63) is 29.1 Å². The van der Waals surface area contributed by atoms with Gasteiger partial charge in [0.15, 0.2) is 0 Å². The Labute approximate surface area is 120 Å². The van der Waals surface area contributed by atoms with Crippen molar-refractivity contribution in [2.75, 3.05) is 11.6 Å². The van der Waals surface area contributed by atoms with Crippen molar-refractivity contribution in [2.45, 2.75) is 24.8 Å². The van der Waals surface area contributed by atoms with Crippen molar-refractivity contribution in [1.82, 2.24) is 4.31 Å². The molecule has 1 fully saturated rings. The summed E-state index contributed by atoms with van der Waals surface area (Å²) in [5.41, 5.74) is 0.562. The average Bonchev–Trinajstić information content (AvgIpc) is 2.75. The number of carbonyl (C=O) groups is 1. The summed E-state index contributed by atoms with van der Waals surface area (Å²) in [6.45, 7) is 3.00. The van der Waals surface area contributed by atoms with E-state index in [0.29, 0.717) is 0 Å². The summed E-state index contributed by atoms with van der Waals surface area (Å²) < 4.78 is 39.5. The zero-order valence-corrected chi connectivity index (χ0v) is 12.6.